The van der Waals surface area contributed by atoms with Gasteiger partial charge in [0.15, 0.2) is 0 Å². The topological polar surface area (TPSA) is 38.3 Å². The molecule has 18 heavy (non-hydrogen) atoms. The van der Waals surface area contributed by atoms with E-state index in [0.717, 1.165) is 4.47 Å². The van der Waals surface area contributed by atoms with Crippen molar-refractivity contribution in [3.05, 3.63) is 34.3 Å². The van der Waals surface area contributed by atoms with E-state index in [1.807, 2.05) is 6.07 Å². The van der Waals surface area contributed by atoms with Crippen LogP contribution >= 0.6 is 15.9 Å². The van der Waals surface area contributed by atoms with E-state index in [9.17, 15) is 9.18 Å². The molecule has 0 aliphatic heterocycles. The lowest BCUT2D eigenvalue weighted by molar-refractivity contribution is 0.0495. The molecule has 1 aromatic rings. The minimum Gasteiger partial charge on any atom is -0.444 e. The van der Waals surface area contributed by atoms with Crippen molar-refractivity contribution in [1.82, 2.24) is 5.32 Å². The van der Waals surface area contributed by atoms with Crippen molar-refractivity contribution in [2.75, 3.05) is 6.67 Å². The molecule has 1 unspecified atom stereocenters. The first-order valence-electron chi connectivity index (χ1n) is 5.63. The standard InChI is InChI=1S/C13H17BrFNO2/c1-13(2,3)18-12(17)16-11(8-15)9-6-4-5-7-10(9)14/h4-7,11H,8H2,1-3H3,(H,16,17). The Bertz CT molecular complexity index is 418. The van der Waals surface area contributed by atoms with Crippen molar-refractivity contribution < 1.29 is 13.9 Å². The number of carbonyl (C=O) groups excluding carboxylic acids is 1. The van der Waals surface area contributed by atoms with Crippen LogP contribution in [0.3, 0.4) is 0 Å². The lowest BCUT2D eigenvalue weighted by Crippen LogP contribution is -2.35. The Morgan fingerprint density at radius 3 is 2.56 bits per heavy atom. The van der Waals surface area contributed by atoms with Crippen LogP contribution in [0.5, 0.6) is 0 Å². The van der Waals surface area contributed by atoms with Crippen LogP contribution in [0.15, 0.2) is 28.7 Å². The van der Waals surface area contributed by atoms with Gasteiger partial charge in [0.1, 0.15) is 12.3 Å². The van der Waals surface area contributed by atoms with Gasteiger partial charge >= 0.3 is 6.09 Å². The fraction of sp³-hybridized carbons (Fsp3) is 0.462. The van der Waals surface area contributed by atoms with Gasteiger partial charge in [0.05, 0.1) is 6.04 Å². The van der Waals surface area contributed by atoms with E-state index >= 15 is 0 Å². The molecule has 0 aliphatic carbocycles. The first kappa shape index (κ1) is 15.0. The Balaban J connectivity index is 2.74. The summed E-state index contributed by atoms with van der Waals surface area (Å²) in [5.74, 6) is 0. The molecule has 0 bridgehead atoms. The van der Waals surface area contributed by atoms with Gasteiger partial charge in [0.2, 0.25) is 0 Å². The second kappa shape index (κ2) is 6.18. The molecule has 1 rings (SSSR count). The molecule has 0 spiro atoms. The van der Waals surface area contributed by atoms with Crippen LogP contribution in [0.4, 0.5) is 9.18 Å². The Morgan fingerprint density at radius 2 is 2.06 bits per heavy atom. The van der Waals surface area contributed by atoms with Gasteiger partial charge in [-0.3, -0.25) is 0 Å². The van der Waals surface area contributed by atoms with E-state index in [1.165, 1.54) is 0 Å². The number of benzene rings is 1. The third-order valence-corrected chi connectivity index (χ3v) is 2.85. The Morgan fingerprint density at radius 1 is 1.44 bits per heavy atom. The third kappa shape index (κ3) is 4.64. The monoisotopic (exact) mass is 317 g/mol. The summed E-state index contributed by atoms with van der Waals surface area (Å²) in [6, 6.07) is 6.46. The van der Waals surface area contributed by atoms with Gasteiger partial charge in [-0.25, -0.2) is 9.18 Å². The summed E-state index contributed by atoms with van der Waals surface area (Å²) < 4.78 is 18.9. The summed E-state index contributed by atoms with van der Waals surface area (Å²) in [5.41, 5.74) is 0.0876. The lowest BCUT2D eigenvalue weighted by Gasteiger charge is -2.23. The predicted molar refractivity (Wildman–Crippen MR) is 72.2 cm³/mol. The van der Waals surface area contributed by atoms with E-state index in [0.29, 0.717) is 5.56 Å². The molecule has 1 N–H and O–H groups in total. The fourth-order valence-corrected chi connectivity index (χ4v) is 1.97. The van der Waals surface area contributed by atoms with Crippen molar-refractivity contribution in [3.8, 4) is 0 Å². The molecule has 0 radical (unpaired) electrons. The van der Waals surface area contributed by atoms with Gasteiger partial charge in [-0.1, -0.05) is 34.1 Å². The largest absolute Gasteiger partial charge is 0.444 e. The maximum atomic E-state index is 13.0. The van der Waals surface area contributed by atoms with Crippen molar-refractivity contribution in [2.24, 2.45) is 0 Å². The number of nitrogens with one attached hydrogen (secondary N) is 1. The van der Waals surface area contributed by atoms with Crippen LogP contribution < -0.4 is 5.32 Å². The molecule has 0 aromatic heterocycles. The Kier molecular flexibility index (Phi) is 5.14. The normalized spacial score (nSPS) is 12.9. The summed E-state index contributed by atoms with van der Waals surface area (Å²) in [4.78, 5) is 11.6. The summed E-state index contributed by atoms with van der Waals surface area (Å²) in [5, 5.41) is 2.51. The van der Waals surface area contributed by atoms with Crippen LogP contribution in [0, 0.1) is 0 Å². The van der Waals surface area contributed by atoms with E-state index in [2.05, 4.69) is 21.2 Å². The summed E-state index contributed by atoms with van der Waals surface area (Å²) in [6.07, 6.45) is -0.624. The number of alkyl carbamates (subject to hydrolysis) is 1. The Labute approximate surface area is 115 Å². The molecule has 0 fully saturated rings. The highest BCUT2D eigenvalue weighted by Crippen LogP contribution is 2.23. The SMILES string of the molecule is CC(C)(C)OC(=O)NC(CF)c1ccccc1Br. The molecule has 100 valence electrons. The van der Waals surface area contributed by atoms with Gasteiger partial charge in [-0.05, 0) is 32.4 Å². The molecule has 0 aliphatic rings. The average molecular weight is 318 g/mol. The molecule has 5 heteroatoms. The second-order valence-electron chi connectivity index (χ2n) is 4.87. The first-order valence-corrected chi connectivity index (χ1v) is 6.42. The maximum Gasteiger partial charge on any atom is 0.408 e. The number of alkyl halides is 1. The lowest BCUT2D eigenvalue weighted by atomic mass is 10.1. The van der Waals surface area contributed by atoms with Gasteiger partial charge in [-0.15, -0.1) is 0 Å². The number of amides is 1. The molecular formula is C13H17BrFNO2. The highest BCUT2D eigenvalue weighted by Gasteiger charge is 2.21. The van der Waals surface area contributed by atoms with E-state index in [-0.39, 0.29) is 0 Å². The zero-order valence-electron chi connectivity index (χ0n) is 10.7. The highest BCUT2D eigenvalue weighted by atomic mass is 79.9. The average Bonchev–Trinajstić information content (AvgIpc) is 2.24. The van der Waals surface area contributed by atoms with Crippen molar-refractivity contribution in [1.29, 1.82) is 0 Å². The highest BCUT2D eigenvalue weighted by molar-refractivity contribution is 9.10. The van der Waals surface area contributed by atoms with Crippen molar-refractivity contribution in [3.63, 3.8) is 0 Å². The molecular weight excluding hydrogens is 301 g/mol. The van der Waals surface area contributed by atoms with Gasteiger partial charge < -0.3 is 10.1 Å². The Hall–Kier alpha value is -1.10. The number of rotatable bonds is 3. The molecule has 1 aromatic carbocycles. The molecule has 3 nitrogen and oxygen atoms in total. The predicted octanol–water partition coefficient (Wildman–Crippen LogP) is 3.98. The van der Waals surface area contributed by atoms with E-state index in [4.69, 9.17) is 4.74 Å². The minimum absolute atomic E-state index is 0.598. The molecule has 1 atom stereocenters. The van der Waals surface area contributed by atoms with Crippen molar-refractivity contribution in [2.45, 2.75) is 32.4 Å². The summed E-state index contributed by atoms with van der Waals surface area (Å²) in [6.45, 7) is 4.59. The first-order chi connectivity index (χ1) is 8.33. The quantitative estimate of drug-likeness (QED) is 0.915. The van der Waals surface area contributed by atoms with Crippen LogP contribution in [0.2, 0.25) is 0 Å². The van der Waals surface area contributed by atoms with Crippen LogP contribution in [-0.2, 0) is 4.74 Å². The van der Waals surface area contributed by atoms with Crippen molar-refractivity contribution >= 4 is 22.0 Å². The van der Waals surface area contributed by atoms with Crippen LogP contribution in [0.1, 0.15) is 32.4 Å². The summed E-state index contributed by atoms with van der Waals surface area (Å²) >= 11 is 3.33. The minimum atomic E-state index is -0.713. The zero-order chi connectivity index (χ0) is 13.8. The molecule has 0 saturated carbocycles. The fourth-order valence-electron chi connectivity index (χ4n) is 1.41. The third-order valence-electron chi connectivity index (χ3n) is 2.13. The van der Waals surface area contributed by atoms with E-state index in [1.54, 1.807) is 39.0 Å². The zero-order valence-corrected chi connectivity index (χ0v) is 12.3. The number of carbonyl (C=O) groups is 1. The molecule has 0 saturated heterocycles. The number of hydrogen-bond donors (Lipinski definition) is 1. The summed E-state index contributed by atoms with van der Waals surface area (Å²) in [7, 11) is 0. The van der Waals surface area contributed by atoms with Gasteiger partial charge in [-0.2, -0.15) is 0 Å². The number of hydrogen-bond acceptors (Lipinski definition) is 2. The number of halogens is 2. The van der Waals surface area contributed by atoms with Crippen LogP contribution in [-0.4, -0.2) is 18.4 Å². The second-order valence-corrected chi connectivity index (χ2v) is 5.73. The molecule has 1 amide bonds. The maximum absolute atomic E-state index is 13.0. The smallest absolute Gasteiger partial charge is 0.408 e. The van der Waals surface area contributed by atoms with E-state index < -0.39 is 24.4 Å². The van der Waals surface area contributed by atoms with Gasteiger partial charge in [0.25, 0.3) is 0 Å². The van der Waals surface area contributed by atoms with Crippen LogP contribution in [0.25, 0.3) is 0 Å². The molecule has 0 heterocycles. The van der Waals surface area contributed by atoms with Gasteiger partial charge in [0, 0.05) is 4.47 Å². The number of ether oxygens (including phenoxy) is 1.